The molecule has 0 heterocycles. The molecule has 0 aromatic heterocycles. The standard InChI is InChI=1S/C12H14BrF3N2O/c1-2-3-9(17)11(19)18-10-5-4-7(13)6-8(10)12(14,15)16/h4-6,9H,2-3,17H2,1H3,(H,18,19)/t9-/m1/s1. The van der Waals surface area contributed by atoms with E-state index in [1.54, 1.807) is 0 Å². The lowest BCUT2D eigenvalue weighted by atomic mass is 10.1. The van der Waals surface area contributed by atoms with Crippen molar-refractivity contribution in [2.75, 3.05) is 5.32 Å². The van der Waals surface area contributed by atoms with Crippen molar-refractivity contribution in [1.82, 2.24) is 0 Å². The average Bonchev–Trinajstić information content (AvgIpc) is 2.30. The summed E-state index contributed by atoms with van der Waals surface area (Å²) in [7, 11) is 0. The first-order chi connectivity index (χ1) is 8.75. The van der Waals surface area contributed by atoms with Gasteiger partial charge >= 0.3 is 6.18 Å². The van der Waals surface area contributed by atoms with Gasteiger partial charge in [-0.2, -0.15) is 13.2 Å². The zero-order chi connectivity index (χ0) is 14.6. The van der Waals surface area contributed by atoms with Gasteiger partial charge in [-0.05, 0) is 24.6 Å². The lowest BCUT2D eigenvalue weighted by molar-refractivity contribution is -0.137. The minimum atomic E-state index is -4.54. The minimum Gasteiger partial charge on any atom is -0.324 e. The number of nitrogens with two attached hydrogens (primary N) is 1. The number of anilines is 1. The molecule has 0 radical (unpaired) electrons. The van der Waals surface area contributed by atoms with E-state index in [1.807, 2.05) is 6.92 Å². The Morgan fingerprint density at radius 3 is 2.63 bits per heavy atom. The number of alkyl halides is 3. The summed E-state index contributed by atoms with van der Waals surface area (Å²) in [5, 5.41) is 2.22. The first-order valence-electron chi connectivity index (χ1n) is 5.69. The van der Waals surface area contributed by atoms with E-state index in [2.05, 4.69) is 21.2 Å². The van der Waals surface area contributed by atoms with E-state index in [9.17, 15) is 18.0 Å². The van der Waals surface area contributed by atoms with Crippen molar-refractivity contribution in [1.29, 1.82) is 0 Å². The molecule has 3 N–H and O–H groups in total. The van der Waals surface area contributed by atoms with E-state index < -0.39 is 23.7 Å². The van der Waals surface area contributed by atoms with E-state index >= 15 is 0 Å². The van der Waals surface area contributed by atoms with Crippen LogP contribution in [0.5, 0.6) is 0 Å². The van der Waals surface area contributed by atoms with E-state index in [-0.39, 0.29) is 10.2 Å². The molecule has 106 valence electrons. The number of carbonyl (C=O) groups is 1. The van der Waals surface area contributed by atoms with Crippen LogP contribution in [0.4, 0.5) is 18.9 Å². The van der Waals surface area contributed by atoms with Gasteiger partial charge in [0, 0.05) is 4.47 Å². The number of amides is 1. The van der Waals surface area contributed by atoms with Crippen LogP contribution in [-0.2, 0) is 11.0 Å². The fourth-order valence-electron chi connectivity index (χ4n) is 1.53. The normalized spacial score (nSPS) is 13.2. The molecular formula is C12H14BrF3N2O. The van der Waals surface area contributed by atoms with E-state index in [1.165, 1.54) is 12.1 Å². The summed E-state index contributed by atoms with van der Waals surface area (Å²) in [5.74, 6) is -0.616. The van der Waals surface area contributed by atoms with Crippen LogP contribution in [-0.4, -0.2) is 11.9 Å². The first kappa shape index (κ1) is 16.0. The van der Waals surface area contributed by atoms with Crippen molar-refractivity contribution >= 4 is 27.5 Å². The van der Waals surface area contributed by atoms with Crippen LogP contribution in [0.3, 0.4) is 0 Å². The maximum absolute atomic E-state index is 12.8. The number of halogens is 4. The van der Waals surface area contributed by atoms with Crippen LogP contribution in [0.2, 0.25) is 0 Å². The van der Waals surface area contributed by atoms with Crippen LogP contribution in [0.25, 0.3) is 0 Å². The highest BCUT2D eigenvalue weighted by Crippen LogP contribution is 2.36. The van der Waals surface area contributed by atoms with Crippen LogP contribution in [0.15, 0.2) is 22.7 Å². The van der Waals surface area contributed by atoms with Crippen LogP contribution >= 0.6 is 15.9 Å². The molecule has 3 nitrogen and oxygen atoms in total. The van der Waals surface area contributed by atoms with E-state index in [0.717, 1.165) is 6.07 Å². The van der Waals surface area contributed by atoms with Gasteiger partial charge in [-0.1, -0.05) is 29.3 Å². The van der Waals surface area contributed by atoms with Gasteiger partial charge in [-0.15, -0.1) is 0 Å². The van der Waals surface area contributed by atoms with Crippen molar-refractivity contribution in [3.05, 3.63) is 28.2 Å². The molecule has 1 atom stereocenters. The highest BCUT2D eigenvalue weighted by molar-refractivity contribution is 9.10. The first-order valence-corrected chi connectivity index (χ1v) is 6.48. The van der Waals surface area contributed by atoms with Crippen molar-refractivity contribution in [2.24, 2.45) is 5.73 Å². The molecule has 0 fully saturated rings. The van der Waals surface area contributed by atoms with Gasteiger partial charge < -0.3 is 11.1 Å². The number of hydrogen-bond donors (Lipinski definition) is 2. The maximum atomic E-state index is 12.8. The van der Waals surface area contributed by atoms with Crippen molar-refractivity contribution in [3.63, 3.8) is 0 Å². The number of rotatable bonds is 4. The molecule has 0 bridgehead atoms. The zero-order valence-electron chi connectivity index (χ0n) is 10.2. The van der Waals surface area contributed by atoms with Crippen LogP contribution in [0, 0.1) is 0 Å². The summed E-state index contributed by atoms with van der Waals surface area (Å²) in [5.41, 5.74) is 4.37. The molecule has 0 aliphatic rings. The van der Waals surface area contributed by atoms with E-state index in [4.69, 9.17) is 5.73 Å². The average molecular weight is 339 g/mol. The predicted molar refractivity (Wildman–Crippen MR) is 70.7 cm³/mol. The summed E-state index contributed by atoms with van der Waals surface area (Å²) < 4.78 is 38.8. The lowest BCUT2D eigenvalue weighted by Gasteiger charge is -2.16. The predicted octanol–water partition coefficient (Wildman–Crippen LogP) is 3.53. The van der Waals surface area contributed by atoms with Crippen LogP contribution in [0.1, 0.15) is 25.3 Å². The molecule has 1 aromatic carbocycles. The Balaban J connectivity index is 2.98. The molecule has 1 amide bonds. The summed E-state index contributed by atoms with van der Waals surface area (Å²) in [4.78, 5) is 11.7. The number of hydrogen-bond acceptors (Lipinski definition) is 2. The summed E-state index contributed by atoms with van der Waals surface area (Å²) in [6, 6.07) is 2.73. The van der Waals surface area contributed by atoms with Crippen LogP contribution < -0.4 is 11.1 Å². The molecule has 1 aromatic rings. The molecule has 0 aliphatic carbocycles. The zero-order valence-corrected chi connectivity index (χ0v) is 11.8. The van der Waals surface area contributed by atoms with Gasteiger partial charge in [0.05, 0.1) is 17.3 Å². The Bertz CT molecular complexity index is 463. The van der Waals surface area contributed by atoms with E-state index in [0.29, 0.717) is 12.8 Å². The van der Waals surface area contributed by atoms with Gasteiger partial charge in [0.25, 0.3) is 0 Å². The fourth-order valence-corrected chi connectivity index (χ4v) is 1.89. The largest absolute Gasteiger partial charge is 0.418 e. The third kappa shape index (κ3) is 4.50. The molecule has 0 saturated heterocycles. The Morgan fingerprint density at radius 1 is 1.47 bits per heavy atom. The second kappa shape index (κ2) is 6.38. The maximum Gasteiger partial charge on any atom is 0.418 e. The molecule has 0 aliphatic heterocycles. The fraction of sp³-hybridized carbons (Fsp3) is 0.417. The lowest BCUT2D eigenvalue weighted by Crippen LogP contribution is -2.35. The molecule has 0 spiro atoms. The van der Waals surface area contributed by atoms with Crippen molar-refractivity contribution in [2.45, 2.75) is 32.0 Å². The van der Waals surface area contributed by atoms with Crippen molar-refractivity contribution in [3.8, 4) is 0 Å². The monoisotopic (exact) mass is 338 g/mol. The minimum absolute atomic E-state index is 0.285. The van der Waals surface area contributed by atoms with Gasteiger partial charge in [0.2, 0.25) is 5.91 Å². The number of carbonyl (C=O) groups excluding carboxylic acids is 1. The van der Waals surface area contributed by atoms with Gasteiger partial charge in [0.15, 0.2) is 0 Å². The highest BCUT2D eigenvalue weighted by Gasteiger charge is 2.34. The summed E-state index contributed by atoms with van der Waals surface area (Å²) in [6.07, 6.45) is -3.44. The molecule has 7 heteroatoms. The second-order valence-electron chi connectivity index (χ2n) is 4.07. The SMILES string of the molecule is CCC[C@@H](N)C(=O)Nc1ccc(Br)cc1C(F)(F)F. The molecule has 19 heavy (non-hydrogen) atoms. The Morgan fingerprint density at radius 2 is 2.11 bits per heavy atom. The van der Waals surface area contributed by atoms with Gasteiger partial charge in [0.1, 0.15) is 0 Å². The molecular weight excluding hydrogens is 325 g/mol. The highest BCUT2D eigenvalue weighted by atomic mass is 79.9. The summed E-state index contributed by atoms with van der Waals surface area (Å²) in [6.45, 7) is 1.84. The van der Waals surface area contributed by atoms with Gasteiger partial charge in [-0.25, -0.2) is 0 Å². The quantitative estimate of drug-likeness (QED) is 0.882. The number of nitrogens with one attached hydrogen (secondary N) is 1. The third-order valence-corrected chi connectivity index (χ3v) is 2.97. The van der Waals surface area contributed by atoms with Gasteiger partial charge in [-0.3, -0.25) is 4.79 Å². The topological polar surface area (TPSA) is 55.1 Å². The third-order valence-electron chi connectivity index (χ3n) is 2.48. The Kier molecular flexibility index (Phi) is 5.37. The summed E-state index contributed by atoms with van der Waals surface area (Å²) >= 11 is 2.97. The molecule has 1 rings (SSSR count). The molecule has 0 unspecified atom stereocenters. The number of benzene rings is 1. The van der Waals surface area contributed by atoms with Crippen molar-refractivity contribution < 1.29 is 18.0 Å². The molecule has 0 saturated carbocycles. The Labute approximate surface area is 117 Å². The smallest absolute Gasteiger partial charge is 0.324 e. The second-order valence-corrected chi connectivity index (χ2v) is 4.99. The Hall–Kier alpha value is -1.08.